The second kappa shape index (κ2) is 7.75. The fourth-order valence-corrected chi connectivity index (χ4v) is 3.65. The molecule has 0 aliphatic carbocycles. The van der Waals surface area contributed by atoms with Crippen molar-refractivity contribution in [2.24, 2.45) is 0 Å². The zero-order valence-corrected chi connectivity index (χ0v) is 15.5. The predicted octanol–water partition coefficient (Wildman–Crippen LogP) is 3.51. The lowest BCUT2D eigenvalue weighted by atomic mass is 9.91. The fourth-order valence-electron chi connectivity index (χ4n) is 3.65. The van der Waals surface area contributed by atoms with E-state index < -0.39 is 5.60 Å². The van der Waals surface area contributed by atoms with Gasteiger partial charge in [-0.3, -0.25) is 0 Å². The van der Waals surface area contributed by atoms with Crippen molar-refractivity contribution in [1.82, 2.24) is 10.2 Å². The van der Waals surface area contributed by atoms with Crippen molar-refractivity contribution in [2.45, 2.75) is 63.8 Å². The molecule has 25 heavy (non-hydrogen) atoms. The number of piperidine rings is 1. The molecule has 0 spiro atoms. The van der Waals surface area contributed by atoms with Crippen molar-refractivity contribution in [1.29, 1.82) is 0 Å². The minimum Gasteiger partial charge on any atom is -0.444 e. The number of carbonyl (C=O) groups excluding carboxylic acids is 1. The van der Waals surface area contributed by atoms with Crippen molar-refractivity contribution in [3.05, 3.63) is 35.9 Å². The lowest BCUT2D eigenvalue weighted by molar-refractivity contribution is 0.00609. The third-order valence-corrected chi connectivity index (χ3v) is 4.82. The van der Waals surface area contributed by atoms with Crippen molar-refractivity contribution >= 4 is 6.09 Å². The van der Waals surface area contributed by atoms with Crippen LogP contribution in [-0.2, 0) is 9.47 Å². The summed E-state index contributed by atoms with van der Waals surface area (Å²) in [5, 5.41) is 3.72. The molecule has 138 valence electrons. The highest BCUT2D eigenvalue weighted by molar-refractivity contribution is 5.69. The van der Waals surface area contributed by atoms with Crippen LogP contribution >= 0.6 is 0 Å². The van der Waals surface area contributed by atoms with Crippen molar-refractivity contribution in [2.75, 3.05) is 19.8 Å². The zero-order chi connectivity index (χ0) is 17.9. The first kappa shape index (κ1) is 18.2. The lowest BCUT2D eigenvalue weighted by Gasteiger charge is -2.41. The minimum atomic E-state index is -0.478. The number of likely N-dealkylation sites (tertiary alicyclic amines) is 1. The predicted molar refractivity (Wildman–Crippen MR) is 97.5 cm³/mol. The number of carbonyl (C=O) groups is 1. The Bertz CT molecular complexity index is 564. The Kier molecular flexibility index (Phi) is 5.64. The number of rotatable bonds is 3. The maximum Gasteiger partial charge on any atom is 0.410 e. The normalized spacial score (nSPS) is 27.3. The van der Waals surface area contributed by atoms with Crippen LogP contribution in [0.5, 0.6) is 0 Å². The van der Waals surface area contributed by atoms with E-state index in [9.17, 15) is 4.79 Å². The monoisotopic (exact) mass is 346 g/mol. The average Bonchev–Trinajstić information content (AvgIpc) is 3.07. The molecule has 2 aliphatic heterocycles. The molecule has 1 amide bonds. The van der Waals surface area contributed by atoms with E-state index in [0.717, 1.165) is 32.5 Å². The first-order chi connectivity index (χ1) is 11.9. The van der Waals surface area contributed by atoms with Crippen LogP contribution < -0.4 is 5.32 Å². The molecular weight excluding hydrogens is 316 g/mol. The second-order valence-electron chi connectivity index (χ2n) is 8.05. The summed E-state index contributed by atoms with van der Waals surface area (Å²) in [6.07, 6.45) is 2.70. The number of hydrogen-bond acceptors (Lipinski definition) is 4. The van der Waals surface area contributed by atoms with E-state index in [0.29, 0.717) is 18.6 Å². The van der Waals surface area contributed by atoms with E-state index in [-0.39, 0.29) is 12.1 Å². The van der Waals surface area contributed by atoms with Crippen LogP contribution in [0.15, 0.2) is 30.3 Å². The van der Waals surface area contributed by atoms with Crippen LogP contribution in [0.2, 0.25) is 0 Å². The Morgan fingerprint density at radius 3 is 2.60 bits per heavy atom. The third kappa shape index (κ3) is 4.95. The van der Waals surface area contributed by atoms with Crippen LogP contribution in [0, 0.1) is 0 Å². The van der Waals surface area contributed by atoms with Gasteiger partial charge in [0, 0.05) is 25.2 Å². The van der Waals surface area contributed by atoms with Crippen molar-refractivity contribution in [3.63, 3.8) is 0 Å². The minimum absolute atomic E-state index is 0.0459. The molecule has 5 nitrogen and oxygen atoms in total. The molecule has 2 fully saturated rings. The molecule has 0 radical (unpaired) electrons. The maximum atomic E-state index is 12.7. The lowest BCUT2D eigenvalue weighted by Crippen LogP contribution is -2.50. The van der Waals surface area contributed by atoms with E-state index in [1.54, 1.807) is 0 Å². The molecule has 0 aromatic heterocycles. The molecule has 2 aliphatic rings. The number of nitrogens with one attached hydrogen (secondary N) is 1. The van der Waals surface area contributed by atoms with Gasteiger partial charge in [-0.25, -0.2) is 4.79 Å². The molecule has 5 heteroatoms. The van der Waals surface area contributed by atoms with Gasteiger partial charge in [0.15, 0.2) is 0 Å². The Labute approximate surface area is 150 Å². The molecule has 1 aromatic carbocycles. The van der Waals surface area contributed by atoms with E-state index in [4.69, 9.17) is 9.47 Å². The van der Waals surface area contributed by atoms with Gasteiger partial charge in [-0.1, -0.05) is 30.3 Å². The highest BCUT2D eigenvalue weighted by atomic mass is 16.6. The highest BCUT2D eigenvalue weighted by Gasteiger charge is 2.36. The number of benzene rings is 1. The summed E-state index contributed by atoms with van der Waals surface area (Å²) in [6.45, 7) is 8.09. The molecule has 1 aromatic rings. The number of nitrogens with zero attached hydrogens (tertiary/aromatic N) is 1. The summed E-state index contributed by atoms with van der Waals surface area (Å²) < 4.78 is 11.1. The number of ether oxygens (including phenoxy) is 2. The summed E-state index contributed by atoms with van der Waals surface area (Å²) >= 11 is 0. The van der Waals surface area contributed by atoms with Crippen molar-refractivity contribution in [3.8, 4) is 0 Å². The summed E-state index contributed by atoms with van der Waals surface area (Å²) in [6, 6.07) is 11.2. The first-order valence-corrected chi connectivity index (χ1v) is 9.31. The summed E-state index contributed by atoms with van der Waals surface area (Å²) in [5.74, 6) is 0. The smallest absolute Gasteiger partial charge is 0.410 e. The topological polar surface area (TPSA) is 50.8 Å². The molecule has 1 N–H and O–H groups in total. The summed E-state index contributed by atoms with van der Waals surface area (Å²) in [4.78, 5) is 14.6. The zero-order valence-electron chi connectivity index (χ0n) is 15.5. The largest absolute Gasteiger partial charge is 0.444 e. The summed E-state index contributed by atoms with van der Waals surface area (Å²) in [7, 11) is 0. The Balaban J connectivity index is 1.72. The highest BCUT2D eigenvalue weighted by Crippen LogP contribution is 2.32. The Morgan fingerprint density at radius 2 is 1.96 bits per heavy atom. The average molecular weight is 346 g/mol. The van der Waals surface area contributed by atoms with Gasteiger partial charge >= 0.3 is 6.09 Å². The maximum absolute atomic E-state index is 12.7. The fraction of sp³-hybridized carbons (Fsp3) is 0.650. The molecule has 3 atom stereocenters. The van der Waals surface area contributed by atoms with Crippen LogP contribution in [0.4, 0.5) is 4.79 Å². The molecule has 0 bridgehead atoms. The van der Waals surface area contributed by atoms with Gasteiger partial charge in [0.1, 0.15) is 5.60 Å². The standard InChI is InChI=1S/C20H30N2O3/c1-20(2,3)25-19(23)22-11-9-16(21-17-10-12-24-14-17)13-18(22)15-7-5-4-6-8-15/h4-8,16-18,21H,9-14H2,1-3H3/t16-,17?,18+/m1/s1. The first-order valence-electron chi connectivity index (χ1n) is 9.31. The molecule has 1 unspecified atom stereocenters. The molecule has 2 heterocycles. The van der Waals surface area contributed by atoms with Crippen LogP contribution in [0.1, 0.15) is 51.6 Å². The second-order valence-corrected chi connectivity index (χ2v) is 8.05. The number of amides is 1. The van der Waals surface area contributed by atoms with Gasteiger partial charge in [-0.2, -0.15) is 0 Å². The molecule has 0 saturated carbocycles. The quantitative estimate of drug-likeness (QED) is 0.910. The Hall–Kier alpha value is -1.59. The van der Waals surface area contributed by atoms with Gasteiger partial charge in [0.2, 0.25) is 0 Å². The molecule has 3 rings (SSSR count). The molecule has 2 saturated heterocycles. The SMILES string of the molecule is CC(C)(C)OC(=O)N1CC[C@@H](NC2CCOC2)C[C@H]1c1ccccc1. The van der Waals surface area contributed by atoms with E-state index >= 15 is 0 Å². The van der Waals surface area contributed by atoms with Crippen molar-refractivity contribution < 1.29 is 14.3 Å². The van der Waals surface area contributed by atoms with Gasteiger partial charge in [0.25, 0.3) is 0 Å². The van der Waals surface area contributed by atoms with Crippen LogP contribution in [-0.4, -0.2) is 48.4 Å². The number of hydrogen-bond donors (Lipinski definition) is 1. The van der Waals surface area contributed by atoms with E-state index in [1.807, 2.05) is 43.9 Å². The third-order valence-electron chi connectivity index (χ3n) is 4.82. The van der Waals surface area contributed by atoms with Crippen LogP contribution in [0.25, 0.3) is 0 Å². The summed E-state index contributed by atoms with van der Waals surface area (Å²) in [5.41, 5.74) is 0.691. The van der Waals surface area contributed by atoms with E-state index in [1.165, 1.54) is 5.56 Å². The van der Waals surface area contributed by atoms with Gasteiger partial charge in [-0.05, 0) is 45.6 Å². The molecular formula is C20H30N2O3. The van der Waals surface area contributed by atoms with E-state index in [2.05, 4.69) is 17.4 Å². The van der Waals surface area contributed by atoms with Gasteiger partial charge < -0.3 is 19.7 Å². The van der Waals surface area contributed by atoms with Crippen LogP contribution in [0.3, 0.4) is 0 Å². The van der Waals surface area contributed by atoms with Gasteiger partial charge in [0.05, 0.1) is 12.6 Å². The van der Waals surface area contributed by atoms with Gasteiger partial charge in [-0.15, -0.1) is 0 Å². The Morgan fingerprint density at radius 1 is 1.20 bits per heavy atom.